The average Bonchev–Trinajstić information content (AvgIpc) is 2.89. The van der Waals surface area contributed by atoms with E-state index in [1.165, 1.54) is 12.8 Å². The fraction of sp³-hybridized carbons (Fsp3) is 0.600. The van der Waals surface area contributed by atoms with Gasteiger partial charge in [-0.3, -0.25) is 0 Å². The van der Waals surface area contributed by atoms with Crippen LogP contribution < -0.4 is 5.73 Å². The Morgan fingerprint density at radius 2 is 2.26 bits per heavy atom. The minimum absolute atomic E-state index is 0.000599. The monoisotopic (exact) mass is 282 g/mol. The Balaban J connectivity index is 1.76. The molecule has 0 amide bonds. The molecule has 0 bridgehead atoms. The number of ether oxygens (including phenoxy) is 1. The van der Waals surface area contributed by atoms with Gasteiger partial charge in [0.15, 0.2) is 0 Å². The average molecular weight is 283 g/mol. The molecule has 106 valence electrons. The molecule has 3 nitrogen and oxygen atoms in total. The van der Waals surface area contributed by atoms with Crippen LogP contribution in [0.5, 0.6) is 0 Å². The van der Waals surface area contributed by atoms with Gasteiger partial charge in [0.1, 0.15) is 0 Å². The number of nitrogens with zero attached hydrogens (tertiary/aromatic N) is 1. The molecule has 4 heteroatoms. The molecule has 0 saturated carbocycles. The molecule has 19 heavy (non-hydrogen) atoms. The van der Waals surface area contributed by atoms with Crippen molar-refractivity contribution in [1.82, 2.24) is 4.90 Å². The van der Waals surface area contributed by atoms with Crippen LogP contribution in [0.15, 0.2) is 24.3 Å². The molecular formula is C15H23ClN2O. The SMILES string of the molecule is CN(CCC(N)c1ccccc1Cl)CC1CCCO1. The third kappa shape index (κ3) is 4.46. The van der Waals surface area contributed by atoms with Crippen molar-refractivity contribution in [3.8, 4) is 0 Å². The van der Waals surface area contributed by atoms with Crippen molar-refractivity contribution in [2.75, 3.05) is 26.7 Å². The van der Waals surface area contributed by atoms with E-state index < -0.39 is 0 Å². The second kappa shape index (κ2) is 7.25. The maximum Gasteiger partial charge on any atom is 0.0702 e. The number of rotatable bonds is 6. The summed E-state index contributed by atoms with van der Waals surface area (Å²) >= 11 is 6.16. The fourth-order valence-corrected chi connectivity index (χ4v) is 2.79. The highest BCUT2D eigenvalue weighted by Crippen LogP contribution is 2.23. The van der Waals surface area contributed by atoms with E-state index >= 15 is 0 Å². The normalized spacial score (nSPS) is 20.9. The molecule has 1 aromatic rings. The lowest BCUT2D eigenvalue weighted by atomic mass is 10.0. The zero-order valence-corrected chi connectivity index (χ0v) is 12.3. The molecule has 1 fully saturated rings. The molecule has 2 unspecified atom stereocenters. The highest BCUT2D eigenvalue weighted by atomic mass is 35.5. The Morgan fingerprint density at radius 3 is 2.95 bits per heavy atom. The minimum atomic E-state index is 0.000599. The number of hydrogen-bond acceptors (Lipinski definition) is 3. The molecule has 1 aliphatic rings. The van der Waals surface area contributed by atoms with Crippen LogP contribution in [-0.2, 0) is 4.74 Å². The van der Waals surface area contributed by atoms with Crippen molar-refractivity contribution in [3.05, 3.63) is 34.9 Å². The summed E-state index contributed by atoms with van der Waals surface area (Å²) in [5, 5.41) is 0.761. The van der Waals surface area contributed by atoms with E-state index in [9.17, 15) is 0 Å². The van der Waals surface area contributed by atoms with Crippen LogP contribution in [0.25, 0.3) is 0 Å². The van der Waals surface area contributed by atoms with Gasteiger partial charge in [-0.15, -0.1) is 0 Å². The van der Waals surface area contributed by atoms with Crippen LogP contribution in [0.1, 0.15) is 30.9 Å². The summed E-state index contributed by atoms with van der Waals surface area (Å²) in [4.78, 5) is 2.30. The van der Waals surface area contributed by atoms with Crippen LogP contribution >= 0.6 is 11.6 Å². The van der Waals surface area contributed by atoms with Crippen LogP contribution in [0.2, 0.25) is 5.02 Å². The van der Waals surface area contributed by atoms with Crippen LogP contribution in [0, 0.1) is 0 Å². The van der Waals surface area contributed by atoms with Gasteiger partial charge in [-0.2, -0.15) is 0 Å². The van der Waals surface area contributed by atoms with Crippen molar-refractivity contribution in [2.45, 2.75) is 31.4 Å². The highest BCUT2D eigenvalue weighted by molar-refractivity contribution is 6.31. The topological polar surface area (TPSA) is 38.5 Å². The lowest BCUT2D eigenvalue weighted by Gasteiger charge is -2.22. The number of benzene rings is 1. The van der Waals surface area contributed by atoms with E-state index in [2.05, 4.69) is 11.9 Å². The zero-order chi connectivity index (χ0) is 13.7. The highest BCUT2D eigenvalue weighted by Gasteiger charge is 2.18. The third-order valence-corrected chi connectivity index (χ3v) is 4.01. The van der Waals surface area contributed by atoms with Gasteiger partial charge in [0.25, 0.3) is 0 Å². The summed E-state index contributed by atoms with van der Waals surface area (Å²) in [6.07, 6.45) is 3.69. The van der Waals surface area contributed by atoms with Crippen LogP contribution in [0.3, 0.4) is 0 Å². The predicted molar refractivity (Wildman–Crippen MR) is 79.5 cm³/mol. The Kier molecular flexibility index (Phi) is 5.64. The molecule has 0 spiro atoms. The van der Waals surface area contributed by atoms with Gasteiger partial charge in [0.2, 0.25) is 0 Å². The smallest absolute Gasteiger partial charge is 0.0702 e. The standard InChI is InChI=1S/C15H23ClN2O/c1-18(11-12-5-4-10-19-12)9-8-15(17)13-6-2-3-7-14(13)16/h2-3,6-7,12,15H,4-5,8-11,17H2,1H3. The first-order valence-corrected chi connectivity index (χ1v) is 7.35. The minimum Gasteiger partial charge on any atom is -0.377 e. The van der Waals surface area contributed by atoms with E-state index in [4.69, 9.17) is 22.1 Å². The number of nitrogens with two attached hydrogens (primary N) is 1. The molecule has 2 atom stereocenters. The van der Waals surface area contributed by atoms with Gasteiger partial charge in [0, 0.05) is 24.2 Å². The molecule has 2 N–H and O–H groups in total. The van der Waals surface area contributed by atoms with Gasteiger partial charge >= 0.3 is 0 Å². The first-order valence-electron chi connectivity index (χ1n) is 6.97. The van der Waals surface area contributed by atoms with Crippen molar-refractivity contribution in [1.29, 1.82) is 0 Å². The van der Waals surface area contributed by atoms with Crippen LogP contribution in [-0.4, -0.2) is 37.7 Å². The summed E-state index contributed by atoms with van der Waals surface area (Å²) in [6.45, 7) is 2.87. The number of halogens is 1. The van der Waals surface area contributed by atoms with Crippen molar-refractivity contribution in [2.24, 2.45) is 5.73 Å². The lowest BCUT2D eigenvalue weighted by Crippen LogP contribution is -2.31. The first kappa shape index (κ1) is 14.8. The van der Waals surface area contributed by atoms with Gasteiger partial charge in [0.05, 0.1) is 6.10 Å². The van der Waals surface area contributed by atoms with Gasteiger partial charge in [-0.25, -0.2) is 0 Å². The third-order valence-electron chi connectivity index (χ3n) is 3.67. The van der Waals surface area contributed by atoms with Gasteiger partial charge < -0.3 is 15.4 Å². The van der Waals surface area contributed by atoms with E-state index in [1.54, 1.807) is 0 Å². The fourth-order valence-electron chi connectivity index (χ4n) is 2.52. The predicted octanol–water partition coefficient (Wildman–Crippen LogP) is 2.84. The van der Waals surface area contributed by atoms with Crippen molar-refractivity contribution < 1.29 is 4.74 Å². The molecule has 0 aliphatic carbocycles. The number of likely N-dealkylation sites (N-methyl/N-ethyl adjacent to an activating group) is 1. The molecule has 0 aromatic heterocycles. The summed E-state index contributed by atoms with van der Waals surface area (Å²) in [6, 6.07) is 7.82. The molecule has 1 heterocycles. The summed E-state index contributed by atoms with van der Waals surface area (Å²) < 4.78 is 5.64. The Labute approximate surface area is 120 Å². The van der Waals surface area contributed by atoms with E-state index in [0.717, 1.165) is 36.7 Å². The van der Waals surface area contributed by atoms with Crippen molar-refractivity contribution in [3.63, 3.8) is 0 Å². The van der Waals surface area contributed by atoms with Crippen molar-refractivity contribution >= 4 is 11.6 Å². The molecule has 1 saturated heterocycles. The second-order valence-electron chi connectivity index (χ2n) is 5.31. The molecule has 1 aromatic carbocycles. The summed E-state index contributed by atoms with van der Waals surface area (Å²) in [7, 11) is 2.13. The summed E-state index contributed by atoms with van der Waals surface area (Å²) in [5.74, 6) is 0. The van der Waals surface area contributed by atoms with Gasteiger partial charge in [-0.05, 0) is 44.5 Å². The molecule has 1 aliphatic heterocycles. The number of hydrogen-bond donors (Lipinski definition) is 1. The maximum atomic E-state index is 6.21. The van der Waals surface area contributed by atoms with E-state index in [0.29, 0.717) is 6.10 Å². The molecular weight excluding hydrogens is 260 g/mol. The largest absolute Gasteiger partial charge is 0.377 e. The molecule has 2 rings (SSSR count). The van der Waals surface area contributed by atoms with E-state index in [-0.39, 0.29) is 6.04 Å². The lowest BCUT2D eigenvalue weighted by molar-refractivity contribution is 0.0804. The maximum absolute atomic E-state index is 6.21. The molecule has 0 radical (unpaired) electrons. The summed E-state index contributed by atoms with van der Waals surface area (Å²) in [5.41, 5.74) is 7.25. The second-order valence-corrected chi connectivity index (χ2v) is 5.72. The Bertz CT molecular complexity index is 393. The Hall–Kier alpha value is -0.610. The quantitative estimate of drug-likeness (QED) is 0.872. The first-order chi connectivity index (χ1) is 9.16. The van der Waals surface area contributed by atoms with Gasteiger partial charge in [-0.1, -0.05) is 29.8 Å². The van der Waals surface area contributed by atoms with E-state index in [1.807, 2.05) is 24.3 Å². The van der Waals surface area contributed by atoms with Crippen LogP contribution in [0.4, 0.5) is 0 Å². The Morgan fingerprint density at radius 1 is 1.47 bits per heavy atom. The zero-order valence-electron chi connectivity index (χ0n) is 11.5.